The summed E-state index contributed by atoms with van der Waals surface area (Å²) in [4.78, 5) is 0. The molecule has 0 heterocycles. The molecule has 1 atom stereocenters. The molecule has 1 unspecified atom stereocenters. The lowest BCUT2D eigenvalue weighted by Gasteiger charge is -2.07. The van der Waals surface area contributed by atoms with Crippen molar-refractivity contribution in [1.82, 2.24) is 0 Å². The van der Waals surface area contributed by atoms with Crippen molar-refractivity contribution in [3.05, 3.63) is 30.3 Å². The molecule has 1 rings (SSSR count). The molecule has 0 bridgehead atoms. The van der Waals surface area contributed by atoms with Crippen LogP contribution in [0.3, 0.4) is 0 Å². The average molecular weight is 184 g/mol. The van der Waals surface area contributed by atoms with Crippen LogP contribution >= 0.6 is 8.03 Å². The molecule has 0 radical (unpaired) electrons. The fraction of sp³-hybridized carbons (Fsp3) is 0.333. The van der Waals surface area contributed by atoms with E-state index >= 15 is 0 Å². The molecule has 0 fully saturated rings. The van der Waals surface area contributed by atoms with Crippen LogP contribution in [0.1, 0.15) is 13.8 Å². The molecule has 0 saturated carbocycles. The van der Waals surface area contributed by atoms with Gasteiger partial charge in [0.15, 0.2) is 0 Å². The Hall–Kier alpha value is -0.750. The van der Waals surface area contributed by atoms with Gasteiger partial charge in [0.2, 0.25) is 8.03 Å². The Balaban J connectivity index is 2.59. The van der Waals surface area contributed by atoms with E-state index in [9.17, 15) is 4.57 Å². The van der Waals surface area contributed by atoms with Crippen LogP contribution in [0.2, 0.25) is 0 Å². The third-order valence-electron chi connectivity index (χ3n) is 1.43. The van der Waals surface area contributed by atoms with Crippen LogP contribution in [0.5, 0.6) is 5.75 Å². The second-order valence-corrected chi connectivity index (χ2v) is 4.89. The maximum absolute atomic E-state index is 11.3. The molecule has 0 saturated heterocycles. The summed E-state index contributed by atoms with van der Waals surface area (Å²) in [5.74, 6) is 0.690. The van der Waals surface area contributed by atoms with Gasteiger partial charge in [-0.3, -0.25) is 4.57 Å². The van der Waals surface area contributed by atoms with Crippen LogP contribution in [-0.2, 0) is 4.57 Å². The number of benzene rings is 1. The van der Waals surface area contributed by atoms with Crippen molar-refractivity contribution in [2.45, 2.75) is 19.5 Å². The zero-order valence-corrected chi connectivity index (χ0v) is 8.28. The monoisotopic (exact) mass is 184 g/mol. The Labute approximate surface area is 73.4 Å². The lowest BCUT2D eigenvalue weighted by atomic mass is 10.3. The molecule has 0 spiro atoms. The minimum atomic E-state index is -1.91. The summed E-state index contributed by atoms with van der Waals surface area (Å²) in [6.45, 7) is 3.79. The highest BCUT2D eigenvalue weighted by Crippen LogP contribution is 2.30. The molecule has 0 N–H and O–H groups in total. The van der Waals surface area contributed by atoms with E-state index in [1.807, 2.05) is 44.2 Å². The zero-order chi connectivity index (χ0) is 8.97. The van der Waals surface area contributed by atoms with Crippen LogP contribution in [0, 0.1) is 0 Å². The summed E-state index contributed by atoms with van der Waals surface area (Å²) in [5, 5.41) is 0. The van der Waals surface area contributed by atoms with Crippen molar-refractivity contribution >= 4 is 8.03 Å². The lowest BCUT2D eigenvalue weighted by Crippen LogP contribution is -1.91. The molecule has 0 amide bonds. The molecular weight excluding hydrogens is 171 g/mol. The zero-order valence-electron chi connectivity index (χ0n) is 7.28. The van der Waals surface area contributed by atoms with Crippen molar-refractivity contribution in [3.8, 4) is 5.75 Å². The average Bonchev–Trinajstić information content (AvgIpc) is 2.06. The van der Waals surface area contributed by atoms with Crippen LogP contribution in [-0.4, -0.2) is 5.66 Å². The first-order valence-corrected chi connectivity index (χ1v) is 5.36. The fourth-order valence-corrected chi connectivity index (χ4v) is 1.33. The van der Waals surface area contributed by atoms with Crippen LogP contribution in [0.15, 0.2) is 30.3 Å². The summed E-state index contributed by atoms with van der Waals surface area (Å²) in [6.07, 6.45) is 0. The Kier molecular flexibility index (Phi) is 3.36. The largest absolute Gasteiger partial charge is 0.445 e. The maximum atomic E-state index is 11.3. The Morgan fingerprint density at radius 2 is 1.83 bits per heavy atom. The van der Waals surface area contributed by atoms with Gasteiger partial charge in [0.05, 0.1) is 0 Å². The van der Waals surface area contributed by atoms with Crippen LogP contribution in [0.25, 0.3) is 0 Å². The molecule has 2 nitrogen and oxygen atoms in total. The molecular formula is C9H13O2P. The first-order chi connectivity index (χ1) is 5.70. The smallest absolute Gasteiger partial charge is 0.239 e. The normalized spacial score (nSPS) is 12.9. The van der Waals surface area contributed by atoms with E-state index in [4.69, 9.17) is 4.52 Å². The van der Waals surface area contributed by atoms with Gasteiger partial charge in [-0.05, 0) is 12.1 Å². The summed E-state index contributed by atoms with van der Waals surface area (Å²) < 4.78 is 16.5. The van der Waals surface area contributed by atoms with Crippen molar-refractivity contribution in [1.29, 1.82) is 0 Å². The van der Waals surface area contributed by atoms with E-state index < -0.39 is 8.03 Å². The molecule has 0 aromatic heterocycles. The standard InChI is InChI=1S/C9H13O2P/c1-8(2)12(10)11-9-6-4-3-5-7-9/h3-8,12H,1-2H3. The van der Waals surface area contributed by atoms with Gasteiger partial charge in [0.25, 0.3) is 0 Å². The third kappa shape index (κ3) is 2.71. The van der Waals surface area contributed by atoms with Crippen LogP contribution < -0.4 is 4.52 Å². The lowest BCUT2D eigenvalue weighted by molar-refractivity contribution is 0.497. The van der Waals surface area contributed by atoms with E-state index in [2.05, 4.69) is 0 Å². The second-order valence-electron chi connectivity index (χ2n) is 2.89. The molecule has 0 aliphatic heterocycles. The van der Waals surface area contributed by atoms with Crippen molar-refractivity contribution in [2.24, 2.45) is 0 Å². The van der Waals surface area contributed by atoms with Gasteiger partial charge in [0.1, 0.15) is 5.75 Å². The molecule has 3 heteroatoms. The summed E-state index contributed by atoms with van der Waals surface area (Å²) >= 11 is 0. The Bertz CT molecular complexity index is 256. The molecule has 0 aliphatic carbocycles. The third-order valence-corrected chi connectivity index (χ3v) is 2.81. The van der Waals surface area contributed by atoms with Gasteiger partial charge >= 0.3 is 0 Å². The number of rotatable bonds is 3. The van der Waals surface area contributed by atoms with Gasteiger partial charge in [-0.2, -0.15) is 0 Å². The Morgan fingerprint density at radius 1 is 1.25 bits per heavy atom. The van der Waals surface area contributed by atoms with Gasteiger partial charge in [-0.1, -0.05) is 32.0 Å². The van der Waals surface area contributed by atoms with Gasteiger partial charge in [0, 0.05) is 5.66 Å². The fourth-order valence-electron chi connectivity index (χ4n) is 0.723. The molecule has 66 valence electrons. The first-order valence-electron chi connectivity index (χ1n) is 3.97. The highest BCUT2D eigenvalue weighted by atomic mass is 31.1. The van der Waals surface area contributed by atoms with Gasteiger partial charge in [-0.15, -0.1) is 0 Å². The number of hydrogen-bond donors (Lipinski definition) is 0. The topological polar surface area (TPSA) is 26.3 Å². The van der Waals surface area contributed by atoms with E-state index in [0.717, 1.165) is 0 Å². The van der Waals surface area contributed by atoms with Gasteiger partial charge in [-0.25, -0.2) is 0 Å². The first kappa shape index (κ1) is 9.34. The minimum absolute atomic E-state index is 0.107. The van der Waals surface area contributed by atoms with Crippen LogP contribution in [0.4, 0.5) is 0 Å². The number of para-hydroxylation sites is 1. The predicted molar refractivity (Wildman–Crippen MR) is 51.2 cm³/mol. The highest BCUT2D eigenvalue weighted by molar-refractivity contribution is 7.40. The SMILES string of the molecule is CC(C)[PH](=O)Oc1ccccc1. The molecule has 1 aromatic carbocycles. The van der Waals surface area contributed by atoms with E-state index in [-0.39, 0.29) is 5.66 Å². The van der Waals surface area contributed by atoms with E-state index in [0.29, 0.717) is 5.75 Å². The second kappa shape index (κ2) is 4.32. The summed E-state index contributed by atoms with van der Waals surface area (Å²) in [6, 6.07) is 9.25. The minimum Gasteiger partial charge on any atom is -0.445 e. The van der Waals surface area contributed by atoms with Crippen molar-refractivity contribution in [3.63, 3.8) is 0 Å². The van der Waals surface area contributed by atoms with Gasteiger partial charge < -0.3 is 4.52 Å². The van der Waals surface area contributed by atoms with Crippen molar-refractivity contribution in [2.75, 3.05) is 0 Å². The quantitative estimate of drug-likeness (QED) is 0.675. The molecule has 12 heavy (non-hydrogen) atoms. The molecule has 0 aliphatic rings. The predicted octanol–water partition coefficient (Wildman–Crippen LogP) is 2.95. The number of hydrogen-bond acceptors (Lipinski definition) is 2. The summed E-state index contributed by atoms with van der Waals surface area (Å²) in [5.41, 5.74) is 0.107. The van der Waals surface area contributed by atoms with E-state index in [1.54, 1.807) is 0 Å². The molecule has 1 aromatic rings. The van der Waals surface area contributed by atoms with E-state index in [1.165, 1.54) is 0 Å². The highest BCUT2D eigenvalue weighted by Gasteiger charge is 2.05. The Morgan fingerprint density at radius 3 is 2.33 bits per heavy atom. The summed E-state index contributed by atoms with van der Waals surface area (Å²) in [7, 11) is -1.91. The maximum Gasteiger partial charge on any atom is 0.239 e. The van der Waals surface area contributed by atoms with Crippen molar-refractivity contribution < 1.29 is 9.09 Å².